The molecule has 0 aromatic carbocycles. The van der Waals surface area contributed by atoms with Crippen LogP contribution in [0.25, 0.3) is 0 Å². The Morgan fingerprint density at radius 1 is 0.521 bits per heavy atom. The molecule has 0 saturated carbocycles. The Labute approximate surface area is 572 Å². The Hall–Kier alpha value is -6.80. The maximum Gasteiger partial charge on any atom is 0.329 e. The summed E-state index contributed by atoms with van der Waals surface area (Å²) in [7, 11) is 10.1. The van der Waals surface area contributed by atoms with Crippen LogP contribution in [0.3, 0.4) is 0 Å². The van der Waals surface area contributed by atoms with Crippen LogP contribution in [0, 0.1) is 47.3 Å². The number of aromatic nitrogens is 1. The molecule has 0 aliphatic carbocycles. The summed E-state index contributed by atoms with van der Waals surface area (Å²) in [5.41, 5.74) is 0.881. The quantitative estimate of drug-likeness (QED) is 0.0962. The lowest BCUT2D eigenvalue weighted by molar-refractivity contribution is -0.166. The Kier molecular flexibility index (Phi) is 35.1. The maximum absolute atomic E-state index is 15.4. The second-order valence-electron chi connectivity index (χ2n) is 29.6. The van der Waals surface area contributed by atoms with Gasteiger partial charge in [0, 0.05) is 67.1 Å². The van der Waals surface area contributed by atoms with Gasteiger partial charge in [-0.3, -0.25) is 52.9 Å². The fourth-order valence-electron chi connectivity index (χ4n) is 11.9. The summed E-state index contributed by atoms with van der Waals surface area (Å²) in [6.45, 7) is 29.8. The molecule has 0 unspecified atom stereocenters. The van der Waals surface area contributed by atoms with E-state index in [4.69, 9.17) is 4.74 Å². The van der Waals surface area contributed by atoms with Crippen molar-refractivity contribution in [3.8, 4) is 0 Å². The normalized spacial score (nSPS) is 25.4. The van der Waals surface area contributed by atoms with Crippen molar-refractivity contribution >= 4 is 65.0 Å². The highest BCUT2D eigenvalue weighted by Crippen LogP contribution is 2.25. The fourth-order valence-corrected chi connectivity index (χ4v) is 11.9. The lowest BCUT2D eigenvalue weighted by Gasteiger charge is -2.40. The monoisotopic (exact) mass is 1350 g/mol. The second-order valence-corrected chi connectivity index (χ2v) is 29.6. The van der Waals surface area contributed by atoms with Gasteiger partial charge in [0.2, 0.25) is 53.2 Å². The topological polar surface area (TPSA) is 321 Å². The first kappa shape index (κ1) is 85.3. The molecule has 2 rings (SSSR count). The van der Waals surface area contributed by atoms with Gasteiger partial charge in [-0.05, 0) is 125 Å². The maximum atomic E-state index is 15.4. The summed E-state index contributed by atoms with van der Waals surface area (Å²) >= 11 is 0. The van der Waals surface area contributed by atoms with E-state index in [9.17, 15) is 48.6 Å². The van der Waals surface area contributed by atoms with Crippen molar-refractivity contribution in [3.63, 3.8) is 0 Å². The summed E-state index contributed by atoms with van der Waals surface area (Å²) in [5, 5.41) is 34.9. The largest absolute Gasteiger partial charge is 0.450 e. The zero-order valence-corrected chi connectivity index (χ0v) is 62.3. The molecular weight excluding hydrogens is 1230 g/mol. The van der Waals surface area contributed by atoms with Gasteiger partial charge in [-0.25, -0.2) is 4.79 Å². The molecule has 0 radical (unpaired) electrons. The fraction of sp³-hybridized carbons (Fsp3) is 0.771. The highest BCUT2D eigenvalue weighted by Gasteiger charge is 2.46. The van der Waals surface area contributed by atoms with Crippen LogP contribution in [0.1, 0.15) is 162 Å². The lowest BCUT2D eigenvalue weighted by Crippen LogP contribution is -2.64. The van der Waals surface area contributed by atoms with Gasteiger partial charge in [0.1, 0.15) is 54.4 Å². The first-order valence-corrected chi connectivity index (χ1v) is 34.4. The minimum atomic E-state index is -1.77. The minimum absolute atomic E-state index is 0.0718. The predicted molar refractivity (Wildman–Crippen MR) is 368 cm³/mol. The van der Waals surface area contributed by atoms with Crippen molar-refractivity contribution in [2.24, 2.45) is 47.3 Å². The number of aliphatic hydroxyl groups is 2. The van der Waals surface area contributed by atoms with Crippen LogP contribution in [0.5, 0.6) is 0 Å². The van der Waals surface area contributed by atoms with Crippen molar-refractivity contribution in [1.29, 1.82) is 0 Å². The number of hydrogen-bond acceptors (Lipinski definition) is 16. The number of likely N-dealkylation sites (N-methyl/N-ethyl adjacent to an activating group) is 7. The van der Waals surface area contributed by atoms with E-state index in [2.05, 4.69) is 26.3 Å². The Balaban J connectivity index is 3.02. The third-order valence-electron chi connectivity index (χ3n) is 17.8. The van der Waals surface area contributed by atoms with E-state index in [0.717, 1.165) is 20.4 Å². The van der Waals surface area contributed by atoms with Crippen LogP contribution in [0.15, 0.2) is 24.4 Å². The molecule has 1 saturated heterocycles. The van der Waals surface area contributed by atoms with Gasteiger partial charge >= 0.3 is 5.97 Å². The molecule has 13 atom stereocenters. The molecule has 546 valence electrons. The van der Waals surface area contributed by atoms with Gasteiger partial charge in [0.15, 0.2) is 6.10 Å². The number of carbonyl (C=O) groups excluding carboxylic acids is 11. The van der Waals surface area contributed by atoms with Crippen LogP contribution in [-0.2, 0) is 63.9 Å². The third kappa shape index (κ3) is 25.6. The number of ether oxygens (including phenoxy) is 1. The highest BCUT2D eigenvalue weighted by atomic mass is 16.6. The Morgan fingerprint density at radius 3 is 1.41 bits per heavy atom. The molecule has 96 heavy (non-hydrogen) atoms. The van der Waals surface area contributed by atoms with Crippen molar-refractivity contribution in [3.05, 3.63) is 30.1 Å². The van der Waals surface area contributed by atoms with E-state index in [0.29, 0.717) is 25.9 Å². The smallest absolute Gasteiger partial charge is 0.329 e. The number of rotatable bonds is 21. The molecule has 2 heterocycles. The number of esters is 1. The number of nitrogens with one attached hydrogen (secondary N) is 4. The number of amides is 10. The molecule has 1 aliphatic rings. The first-order valence-electron chi connectivity index (χ1n) is 34.4. The summed E-state index contributed by atoms with van der Waals surface area (Å²) < 4.78 is 5.92. The molecule has 26 nitrogen and oxygen atoms in total. The number of nitrogens with zero attached hydrogens (tertiary/aromatic N) is 8. The SMILES string of the molecule is CC(C)C[C@@H]1C(=O)N[C@H](CC(C)C)C(=O)N(C)[C@H](C(C)C)C(=O)N(C)[C@H]([C@H](O)[C@H](C)CCN(C)CCc2ccccn2)C(=O)N[C@@H]([C@@H](C)O)C(=O)N(C)CC(=O)N(C)[C@@H](CC(C)C)C(=O)N[C@H](CC(C)C)C(=O)N(C)[C@H](CC(C)C)C(=O)N[C@H](C)C(=O)O[C@@H](C(C)C)C(=O)N1C. The molecule has 26 heteroatoms. The predicted octanol–water partition coefficient (Wildman–Crippen LogP) is 3.34. The van der Waals surface area contributed by atoms with E-state index in [-0.39, 0.29) is 61.7 Å². The molecule has 1 aromatic heterocycles. The van der Waals surface area contributed by atoms with Crippen LogP contribution >= 0.6 is 0 Å². The van der Waals surface area contributed by atoms with Gasteiger partial charge < -0.3 is 70.5 Å². The standard InChI is InChI=1S/C70H122N12O14/c1-39(2)33-50-65(90)79(21)53(36-42(7)8)61(86)72-47(16)70(95)96-60(45(13)14)69(94)80(22)54(37-43(9)10)63(88)74-51(34-40(3)4)66(91)81(23)57(44(11)12)68(93)82(24)58(59(85)46(15)28-31-76(18)32-29-49-27-25-26-30-71-49)64(89)75-56(48(17)83)67(92)77(19)38-55(84)78(20)52(35-41(5)6)62(87)73-50/h25-27,30,39-48,50-54,56-60,83,85H,28-29,31-38H2,1-24H3,(H,72,86)(H,73,87)(H,74,88)(H,75,89)/t46-,47-,48-,50-,51-,52+,53-,54-,56+,57-,58-,59-,60+/m1/s1. The number of cyclic esters (lactones) is 1. The van der Waals surface area contributed by atoms with Gasteiger partial charge in [-0.1, -0.05) is 110 Å². The molecule has 10 amide bonds. The third-order valence-corrected chi connectivity index (χ3v) is 17.8. The van der Waals surface area contributed by atoms with Crippen molar-refractivity contribution in [2.45, 2.75) is 235 Å². The van der Waals surface area contributed by atoms with Crippen LogP contribution in [0.4, 0.5) is 0 Å². The van der Waals surface area contributed by atoms with E-state index in [1.54, 1.807) is 40.8 Å². The van der Waals surface area contributed by atoms with E-state index < -0.39 is 162 Å². The summed E-state index contributed by atoms with van der Waals surface area (Å²) in [5.74, 6) is -11.7. The molecule has 0 bridgehead atoms. The average Bonchev–Trinajstić information content (AvgIpc) is 0.808. The number of pyridine rings is 1. The minimum Gasteiger partial charge on any atom is -0.450 e. The summed E-state index contributed by atoms with van der Waals surface area (Å²) in [6.07, 6.45) is -1.57. The average molecular weight is 1360 g/mol. The molecule has 6 N–H and O–H groups in total. The molecule has 1 aromatic rings. The Morgan fingerprint density at radius 2 is 0.969 bits per heavy atom. The van der Waals surface area contributed by atoms with Gasteiger partial charge in [0.25, 0.3) is 5.91 Å². The lowest BCUT2D eigenvalue weighted by atomic mass is 9.91. The molecular formula is C70H122N12O14. The van der Waals surface area contributed by atoms with Crippen molar-refractivity contribution in [2.75, 3.05) is 69.0 Å². The van der Waals surface area contributed by atoms with Crippen molar-refractivity contribution < 1.29 is 67.7 Å². The van der Waals surface area contributed by atoms with Gasteiger partial charge in [-0.15, -0.1) is 0 Å². The highest BCUT2D eigenvalue weighted by molar-refractivity contribution is 5.99. The summed E-state index contributed by atoms with van der Waals surface area (Å²) in [6, 6.07) is -6.73. The molecule has 1 aliphatic heterocycles. The van der Waals surface area contributed by atoms with E-state index >= 15 is 14.4 Å². The zero-order valence-electron chi connectivity index (χ0n) is 62.3. The summed E-state index contributed by atoms with van der Waals surface area (Å²) in [4.78, 5) is 176. The Bertz CT molecular complexity index is 2730. The molecule has 0 spiro atoms. The number of hydrogen-bond donors (Lipinski definition) is 6. The van der Waals surface area contributed by atoms with E-state index in [1.165, 1.54) is 70.8 Å². The van der Waals surface area contributed by atoms with Crippen molar-refractivity contribution in [1.82, 2.24) is 60.6 Å². The van der Waals surface area contributed by atoms with Crippen LogP contribution in [0.2, 0.25) is 0 Å². The zero-order chi connectivity index (χ0) is 73.7. The number of carbonyl (C=O) groups is 11. The number of aliphatic hydroxyl groups excluding tert-OH is 2. The second kappa shape index (κ2) is 39.6. The van der Waals surface area contributed by atoms with Gasteiger partial charge in [-0.2, -0.15) is 0 Å². The first-order chi connectivity index (χ1) is 44.5. The van der Waals surface area contributed by atoms with Gasteiger partial charge in [0.05, 0.1) is 18.8 Å². The molecule has 1 fully saturated rings. The van der Waals surface area contributed by atoms with E-state index in [1.807, 2.05) is 99.4 Å². The van der Waals surface area contributed by atoms with Crippen LogP contribution in [-0.4, -0.2) is 256 Å². The van der Waals surface area contributed by atoms with Crippen LogP contribution < -0.4 is 21.3 Å².